The molecule has 176 valence electrons. The summed E-state index contributed by atoms with van der Waals surface area (Å²) >= 11 is 0. The highest BCUT2D eigenvalue weighted by Gasteiger charge is 2.70. The number of carbonyl (C=O) groups excluding carboxylic acids is 3. The molecule has 0 bridgehead atoms. The molecule has 4 atom stereocenters. The second kappa shape index (κ2) is 8.06. The van der Waals surface area contributed by atoms with Crippen molar-refractivity contribution >= 4 is 29.4 Å². The standard InChI is InChI=1S/C26H27N3O5/c1-14-8-9-17-22(15(14)2)27-25(34)26(17)21-20(18(28-26)10-11-19(30)31)23(32)29(24(21)33)13-12-16-6-4-3-5-7-16/h3-9,18,20-21,28H,10-13H2,1-2H3,(H,27,34)(H,30,31)/t18-,20+,21-,26+/m0/s1. The Balaban J connectivity index is 1.55. The van der Waals surface area contributed by atoms with E-state index in [1.807, 2.05) is 56.3 Å². The minimum Gasteiger partial charge on any atom is -0.481 e. The number of carboxylic acids is 1. The molecule has 0 saturated carbocycles. The van der Waals surface area contributed by atoms with Crippen LogP contribution in [0.15, 0.2) is 42.5 Å². The maximum atomic E-state index is 13.7. The molecule has 0 aromatic heterocycles. The molecule has 0 radical (unpaired) electrons. The zero-order valence-electron chi connectivity index (χ0n) is 19.1. The lowest BCUT2D eigenvalue weighted by Crippen LogP contribution is -2.53. The molecular formula is C26H27N3O5. The van der Waals surface area contributed by atoms with Gasteiger partial charge in [-0.25, -0.2) is 0 Å². The Morgan fingerprint density at radius 3 is 2.50 bits per heavy atom. The van der Waals surface area contributed by atoms with Gasteiger partial charge in [0.2, 0.25) is 17.7 Å². The van der Waals surface area contributed by atoms with Crippen LogP contribution >= 0.6 is 0 Å². The van der Waals surface area contributed by atoms with Crippen molar-refractivity contribution in [3.8, 4) is 0 Å². The summed E-state index contributed by atoms with van der Waals surface area (Å²) in [6.45, 7) is 4.08. The van der Waals surface area contributed by atoms with E-state index >= 15 is 0 Å². The highest BCUT2D eigenvalue weighted by Crippen LogP contribution is 2.54. The van der Waals surface area contributed by atoms with Gasteiger partial charge < -0.3 is 10.4 Å². The number of imide groups is 1. The average molecular weight is 462 g/mol. The first-order valence-electron chi connectivity index (χ1n) is 11.6. The third-order valence-corrected chi connectivity index (χ3v) is 7.65. The molecule has 3 aliphatic heterocycles. The summed E-state index contributed by atoms with van der Waals surface area (Å²) in [7, 11) is 0. The largest absolute Gasteiger partial charge is 0.481 e. The van der Waals surface area contributed by atoms with E-state index in [0.717, 1.165) is 16.7 Å². The molecule has 2 aromatic rings. The minimum atomic E-state index is -1.39. The molecule has 8 nitrogen and oxygen atoms in total. The van der Waals surface area contributed by atoms with Crippen molar-refractivity contribution in [2.24, 2.45) is 11.8 Å². The Hall–Kier alpha value is -3.52. The molecule has 34 heavy (non-hydrogen) atoms. The molecule has 1 spiro atoms. The third kappa shape index (κ3) is 3.16. The number of nitrogens with zero attached hydrogens (tertiary/aromatic N) is 1. The normalized spacial score (nSPS) is 27.3. The van der Waals surface area contributed by atoms with E-state index in [-0.39, 0.29) is 37.1 Å². The fourth-order valence-electron chi connectivity index (χ4n) is 5.81. The highest BCUT2D eigenvalue weighted by atomic mass is 16.4. The fraction of sp³-hybridized carbons (Fsp3) is 0.385. The van der Waals surface area contributed by atoms with Crippen molar-refractivity contribution in [1.82, 2.24) is 10.2 Å². The van der Waals surface area contributed by atoms with Crippen molar-refractivity contribution in [3.63, 3.8) is 0 Å². The van der Waals surface area contributed by atoms with Crippen LogP contribution in [-0.4, -0.2) is 46.3 Å². The molecule has 3 aliphatic rings. The van der Waals surface area contributed by atoms with Crippen LogP contribution in [0.5, 0.6) is 0 Å². The number of carbonyl (C=O) groups is 4. The third-order valence-electron chi connectivity index (χ3n) is 7.65. The van der Waals surface area contributed by atoms with Crippen molar-refractivity contribution in [1.29, 1.82) is 0 Å². The second-order valence-corrected chi connectivity index (χ2v) is 9.44. The van der Waals surface area contributed by atoms with E-state index in [1.165, 1.54) is 4.90 Å². The summed E-state index contributed by atoms with van der Waals surface area (Å²) in [5.41, 5.74) is 2.85. The number of fused-ring (bicyclic) bond motifs is 4. The zero-order chi connectivity index (χ0) is 24.2. The first-order chi connectivity index (χ1) is 16.3. The first kappa shape index (κ1) is 22.3. The summed E-state index contributed by atoms with van der Waals surface area (Å²) in [5.74, 6) is -3.78. The Morgan fingerprint density at radius 1 is 1.06 bits per heavy atom. The lowest BCUT2D eigenvalue weighted by atomic mass is 9.76. The summed E-state index contributed by atoms with van der Waals surface area (Å²) in [5, 5.41) is 15.5. The minimum absolute atomic E-state index is 0.150. The van der Waals surface area contributed by atoms with Crippen LogP contribution in [0, 0.1) is 25.7 Å². The fourth-order valence-corrected chi connectivity index (χ4v) is 5.81. The Morgan fingerprint density at radius 2 is 1.79 bits per heavy atom. The van der Waals surface area contributed by atoms with Crippen LogP contribution in [0.4, 0.5) is 5.69 Å². The van der Waals surface area contributed by atoms with E-state index in [9.17, 15) is 24.3 Å². The maximum Gasteiger partial charge on any atom is 0.303 e. The predicted molar refractivity (Wildman–Crippen MR) is 124 cm³/mol. The SMILES string of the molecule is Cc1ccc2c(c1C)NC(=O)[C@@]21N[C@@H](CCC(=O)O)[C@H]2C(=O)N(CCc3ccccc3)C(=O)[C@H]21. The van der Waals surface area contributed by atoms with Crippen LogP contribution in [0.1, 0.15) is 35.1 Å². The van der Waals surface area contributed by atoms with Crippen molar-refractivity contribution < 1.29 is 24.3 Å². The van der Waals surface area contributed by atoms with Crippen LogP contribution in [-0.2, 0) is 31.1 Å². The van der Waals surface area contributed by atoms with Crippen LogP contribution in [0.25, 0.3) is 0 Å². The monoisotopic (exact) mass is 461 g/mol. The molecule has 5 rings (SSSR count). The molecular weight excluding hydrogens is 434 g/mol. The van der Waals surface area contributed by atoms with Gasteiger partial charge in [0.15, 0.2) is 0 Å². The van der Waals surface area contributed by atoms with E-state index in [0.29, 0.717) is 17.7 Å². The number of rotatable bonds is 6. The number of likely N-dealkylation sites (tertiary alicyclic amines) is 1. The van der Waals surface area contributed by atoms with Gasteiger partial charge in [0.25, 0.3) is 0 Å². The maximum absolute atomic E-state index is 13.7. The highest BCUT2D eigenvalue weighted by molar-refractivity contribution is 6.15. The molecule has 0 unspecified atom stereocenters. The number of carboxylic acid groups (broad SMARTS) is 1. The number of nitrogens with one attached hydrogen (secondary N) is 2. The lowest BCUT2D eigenvalue weighted by Gasteiger charge is -2.29. The van der Waals surface area contributed by atoms with Crippen LogP contribution in [0.3, 0.4) is 0 Å². The molecule has 2 saturated heterocycles. The Bertz CT molecular complexity index is 1210. The first-order valence-corrected chi connectivity index (χ1v) is 11.6. The second-order valence-electron chi connectivity index (χ2n) is 9.44. The molecule has 2 aromatic carbocycles. The molecule has 2 fully saturated rings. The number of hydrogen-bond donors (Lipinski definition) is 3. The van der Waals surface area contributed by atoms with Gasteiger partial charge in [-0.2, -0.15) is 0 Å². The molecule has 3 amide bonds. The number of anilines is 1. The van der Waals surface area contributed by atoms with Gasteiger partial charge in [-0.15, -0.1) is 0 Å². The number of amides is 3. The van der Waals surface area contributed by atoms with Gasteiger partial charge in [-0.1, -0.05) is 42.5 Å². The Kier molecular flexibility index (Phi) is 5.28. The number of benzene rings is 2. The van der Waals surface area contributed by atoms with Crippen LogP contribution < -0.4 is 10.6 Å². The molecule has 0 aliphatic carbocycles. The van der Waals surface area contributed by atoms with Gasteiger partial charge >= 0.3 is 5.97 Å². The Labute approximate surface area is 197 Å². The summed E-state index contributed by atoms with van der Waals surface area (Å²) in [4.78, 5) is 53.4. The summed E-state index contributed by atoms with van der Waals surface area (Å²) in [6.07, 6.45) is 0.500. The lowest BCUT2D eigenvalue weighted by molar-refractivity contribution is -0.143. The number of hydrogen-bond acceptors (Lipinski definition) is 5. The van der Waals surface area contributed by atoms with Crippen LogP contribution in [0.2, 0.25) is 0 Å². The van der Waals surface area contributed by atoms with Gasteiger partial charge in [-0.3, -0.25) is 29.4 Å². The molecule has 3 heterocycles. The summed E-state index contributed by atoms with van der Waals surface area (Å²) in [6, 6.07) is 12.7. The molecule has 8 heteroatoms. The number of aliphatic carboxylic acids is 1. The van der Waals surface area contributed by atoms with E-state index < -0.39 is 29.4 Å². The molecule has 3 N–H and O–H groups in total. The van der Waals surface area contributed by atoms with Crippen molar-refractivity contribution in [2.45, 2.75) is 44.7 Å². The zero-order valence-corrected chi connectivity index (χ0v) is 19.1. The van der Waals surface area contributed by atoms with Gasteiger partial charge in [-0.05, 0) is 43.4 Å². The topological polar surface area (TPSA) is 116 Å². The smallest absolute Gasteiger partial charge is 0.303 e. The van der Waals surface area contributed by atoms with E-state index in [1.54, 1.807) is 0 Å². The van der Waals surface area contributed by atoms with Crippen molar-refractivity contribution in [3.05, 3.63) is 64.7 Å². The van der Waals surface area contributed by atoms with Crippen molar-refractivity contribution in [2.75, 3.05) is 11.9 Å². The average Bonchev–Trinajstić information content (AvgIpc) is 3.39. The predicted octanol–water partition coefficient (Wildman–Crippen LogP) is 2.13. The van der Waals surface area contributed by atoms with Gasteiger partial charge in [0, 0.05) is 30.3 Å². The number of aryl methyl sites for hydroxylation is 1. The van der Waals surface area contributed by atoms with Gasteiger partial charge in [0.05, 0.1) is 11.8 Å². The van der Waals surface area contributed by atoms with E-state index in [2.05, 4.69) is 10.6 Å². The van der Waals surface area contributed by atoms with E-state index in [4.69, 9.17) is 0 Å². The quantitative estimate of drug-likeness (QED) is 0.568. The summed E-state index contributed by atoms with van der Waals surface area (Å²) < 4.78 is 0. The van der Waals surface area contributed by atoms with Gasteiger partial charge in [0.1, 0.15) is 5.54 Å².